The Balaban J connectivity index is 1.76. The summed E-state index contributed by atoms with van der Waals surface area (Å²) >= 11 is 0. The van der Waals surface area contributed by atoms with Gasteiger partial charge in [-0.15, -0.1) is 0 Å². The number of benzene rings is 3. The van der Waals surface area contributed by atoms with Crippen LogP contribution in [0.3, 0.4) is 0 Å². The second kappa shape index (κ2) is 11.0. The van der Waals surface area contributed by atoms with E-state index < -0.39 is 24.6 Å². The van der Waals surface area contributed by atoms with Gasteiger partial charge in [0.25, 0.3) is 0 Å². The summed E-state index contributed by atoms with van der Waals surface area (Å²) in [5.41, 5.74) is 0.948. The molecule has 192 valence electrons. The smallest absolute Gasteiger partial charge is 0.359 e. The van der Waals surface area contributed by atoms with Crippen molar-refractivity contribution in [3.8, 4) is 0 Å². The van der Waals surface area contributed by atoms with Gasteiger partial charge in [-0.2, -0.15) is 0 Å². The van der Waals surface area contributed by atoms with Gasteiger partial charge in [-0.1, -0.05) is 105 Å². The first-order valence-electron chi connectivity index (χ1n) is 12.6. The highest BCUT2D eigenvalue weighted by Crippen LogP contribution is 2.55. The van der Waals surface area contributed by atoms with Crippen LogP contribution >= 0.6 is 7.60 Å². The lowest BCUT2D eigenvalue weighted by atomic mass is 9.80. The van der Waals surface area contributed by atoms with E-state index in [2.05, 4.69) is 0 Å². The molecule has 0 heterocycles. The lowest BCUT2D eigenvalue weighted by molar-refractivity contribution is -0.0578. The van der Waals surface area contributed by atoms with Crippen molar-refractivity contribution in [1.29, 1.82) is 0 Å². The number of rotatable bonds is 12. The first kappa shape index (κ1) is 26.8. The number of hydrogen-bond donors (Lipinski definition) is 1. The van der Waals surface area contributed by atoms with Gasteiger partial charge in [0.1, 0.15) is 5.60 Å². The average molecular weight is 509 g/mol. The van der Waals surface area contributed by atoms with E-state index in [-0.39, 0.29) is 18.6 Å². The zero-order valence-corrected chi connectivity index (χ0v) is 22.4. The van der Waals surface area contributed by atoms with Crippen molar-refractivity contribution in [2.45, 2.75) is 63.7 Å². The Labute approximate surface area is 215 Å². The molecule has 3 aromatic carbocycles. The van der Waals surface area contributed by atoms with Gasteiger partial charge >= 0.3 is 7.60 Å². The molecule has 0 radical (unpaired) electrons. The molecule has 2 unspecified atom stereocenters. The van der Waals surface area contributed by atoms with Crippen LogP contribution in [0.2, 0.25) is 0 Å². The first-order valence-corrected chi connectivity index (χ1v) is 14.3. The van der Waals surface area contributed by atoms with Crippen molar-refractivity contribution in [3.05, 3.63) is 108 Å². The summed E-state index contributed by atoms with van der Waals surface area (Å²) in [7, 11) is -4.20. The molecule has 2 atom stereocenters. The Bertz CT molecular complexity index is 1050. The lowest BCUT2D eigenvalue weighted by Crippen LogP contribution is -2.38. The normalized spacial score (nSPS) is 17.1. The molecule has 1 aliphatic carbocycles. The van der Waals surface area contributed by atoms with Crippen LogP contribution in [0.4, 0.5) is 0 Å². The fourth-order valence-electron chi connectivity index (χ4n) is 4.10. The summed E-state index contributed by atoms with van der Waals surface area (Å²) in [5.74, 6) is -1.07. The fourth-order valence-corrected chi connectivity index (χ4v) is 5.69. The van der Waals surface area contributed by atoms with E-state index in [0.717, 1.165) is 29.5 Å². The fraction of sp³-hybridized carbons (Fsp3) is 0.400. The molecule has 1 fully saturated rings. The van der Waals surface area contributed by atoms with Crippen LogP contribution in [0.1, 0.15) is 57.2 Å². The number of hydrogen-bond acceptors (Lipinski definition) is 4. The molecule has 1 N–H and O–H groups in total. The molecule has 36 heavy (non-hydrogen) atoms. The van der Waals surface area contributed by atoms with Crippen molar-refractivity contribution in [2.75, 3.05) is 6.61 Å². The van der Waals surface area contributed by atoms with E-state index in [1.165, 1.54) is 0 Å². The van der Waals surface area contributed by atoms with Crippen LogP contribution in [0.15, 0.2) is 91.0 Å². The Hall–Kier alpha value is -2.27. The van der Waals surface area contributed by atoms with Crippen molar-refractivity contribution >= 4 is 7.60 Å². The maximum Gasteiger partial charge on any atom is 0.359 e. The minimum Gasteiger partial charge on any atom is -0.360 e. The molecule has 0 aromatic heterocycles. The van der Waals surface area contributed by atoms with Gasteiger partial charge in [0.15, 0.2) is 5.85 Å². The molecule has 0 spiro atoms. The lowest BCUT2D eigenvalue weighted by Gasteiger charge is -2.38. The second-order valence-corrected chi connectivity index (χ2v) is 12.2. The molecule has 0 aliphatic heterocycles. The van der Waals surface area contributed by atoms with Gasteiger partial charge in [0.05, 0.1) is 18.3 Å². The van der Waals surface area contributed by atoms with Crippen LogP contribution in [-0.4, -0.2) is 29.1 Å². The van der Waals surface area contributed by atoms with Crippen molar-refractivity contribution in [1.82, 2.24) is 0 Å². The van der Waals surface area contributed by atoms with Gasteiger partial charge in [-0.05, 0) is 49.3 Å². The van der Waals surface area contributed by atoms with Crippen molar-refractivity contribution < 1.29 is 23.5 Å². The standard InChI is InChI=1S/C30H37O5P/c1-23(2)29(3,4)35-36(31,32)28(34-27-20-21-27)22-33-30(24-14-8-5-9-15-24,25-16-10-6-11-17-25)26-18-12-7-13-19-26/h5-19,23,27-28H,20-22H2,1-4H3,(H,31,32). The molecule has 1 aliphatic rings. The van der Waals surface area contributed by atoms with Gasteiger partial charge in [0.2, 0.25) is 0 Å². The van der Waals surface area contributed by atoms with Gasteiger partial charge < -0.3 is 18.9 Å². The van der Waals surface area contributed by atoms with E-state index in [0.29, 0.717) is 0 Å². The molecule has 6 heteroatoms. The molecule has 3 aromatic rings. The summed E-state index contributed by atoms with van der Waals surface area (Å²) in [4.78, 5) is 11.2. The third-order valence-electron chi connectivity index (χ3n) is 6.98. The Morgan fingerprint density at radius 1 is 0.833 bits per heavy atom. The Morgan fingerprint density at radius 2 is 1.25 bits per heavy atom. The summed E-state index contributed by atoms with van der Waals surface area (Å²) in [6.45, 7) is 7.49. The zero-order valence-electron chi connectivity index (χ0n) is 21.5. The molecule has 0 amide bonds. The second-order valence-electron chi connectivity index (χ2n) is 10.3. The van der Waals surface area contributed by atoms with Crippen LogP contribution < -0.4 is 0 Å². The Kier molecular flexibility index (Phi) is 8.18. The predicted octanol–water partition coefficient (Wildman–Crippen LogP) is 7.14. The van der Waals surface area contributed by atoms with Crippen molar-refractivity contribution in [3.63, 3.8) is 0 Å². The van der Waals surface area contributed by atoms with E-state index in [4.69, 9.17) is 14.0 Å². The average Bonchev–Trinajstić information content (AvgIpc) is 3.69. The van der Waals surface area contributed by atoms with Crippen LogP contribution in [-0.2, 0) is 24.2 Å². The van der Waals surface area contributed by atoms with Gasteiger partial charge in [-0.25, -0.2) is 0 Å². The van der Waals surface area contributed by atoms with Crippen molar-refractivity contribution in [2.24, 2.45) is 5.92 Å². The first-order chi connectivity index (χ1) is 17.1. The van der Waals surface area contributed by atoms with Gasteiger partial charge in [-0.3, -0.25) is 4.57 Å². The topological polar surface area (TPSA) is 65.0 Å². The maximum atomic E-state index is 13.7. The molecule has 0 bridgehead atoms. The van der Waals surface area contributed by atoms with E-state index >= 15 is 0 Å². The molecular formula is C30H37O5P. The monoisotopic (exact) mass is 508 g/mol. The number of ether oxygens (including phenoxy) is 2. The van der Waals surface area contributed by atoms with E-state index in [1.807, 2.05) is 119 Å². The summed E-state index contributed by atoms with van der Waals surface area (Å²) in [6.07, 6.45) is 1.68. The summed E-state index contributed by atoms with van der Waals surface area (Å²) in [6, 6.07) is 29.9. The largest absolute Gasteiger partial charge is 0.360 e. The van der Waals surface area contributed by atoms with Gasteiger partial charge in [0, 0.05) is 0 Å². The minimum absolute atomic E-state index is 0.0394. The van der Waals surface area contributed by atoms with E-state index in [9.17, 15) is 9.46 Å². The molecule has 1 saturated carbocycles. The zero-order chi connectivity index (χ0) is 25.8. The highest BCUT2D eigenvalue weighted by molar-refractivity contribution is 7.53. The molecule has 0 saturated heterocycles. The molecule has 5 nitrogen and oxygen atoms in total. The Morgan fingerprint density at radius 3 is 1.61 bits per heavy atom. The van der Waals surface area contributed by atoms with E-state index in [1.54, 1.807) is 0 Å². The minimum atomic E-state index is -4.20. The SMILES string of the molecule is CC(C)C(C)(C)OP(=O)(O)C(COC(c1ccccc1)(c1ccccc1)c1ccccc1)OC1CC1. The third-order valence-corrected chi connectivity index (χ3v) is 8.71. The highest BCUT2D eigenvalue weighted by atomic mass is 31.2. The van der Waals surface area contributed by atoms with Crippen LogP contribution in [0.5, 0.6) is 0 Å². The van der Waals surface area contributed by atoms with Crippen LogP contribution in [0.25, 0.3) is 0 Å². The van der Waals surface area contributed by atoms with Crippen LogP contribution in [0, 0.1) is 5.92 Å². The predicted molar refractivity (Wildman–Crippen MR) is 143 cm³/mol. The maximum absolute atomic E-state index is 13.7. The molecule has 4 rings (SSSR count). The molecular weight excluding hydrogens is 471 g/mol. The quantitative estimate of drug-likeness (QED) is 0.208. The summed E-state index contributed by atoms with van der Waals surface area (Å²) in [5, 5.41) is 0. The third kappa shape index (κ3) is 5.99. The highest BCUT2D eigenvalue weighted by Gasteiger charge is 2.46. The summed E-state index contributed by atoms with van der Waals surface area (Å²) < 4.78 is 32.4.